The van der Waals surface area contributed by atoms with Gasteiger partial charge in [-0.3, -0.25) is 0 Å². The van der Waals surface area contributed by atoms with E-state index < -0.39 is 11.9 Å². The molecule has 1 N–H and O–H groups in total. The summed E-state index contributed by atoms with van der Waals surface area (Å²) in [6, 6.07) is 13.0. The summed E-state index contributed by atoms with van der Waals surface area (Å²) in [4.78, 5) is 11.6. The van der Waals surface area contributed by atoms with E-state index in [9.17, 15) is 9.18 Å². The fraction of sp³-hybridized carbons (Fsp3) is 0.263. The van der Waals surface area contributed by atoms with Gasteiger partial charge in [0.15, 0.2) is 11.6 Å². The Morgan fingerprint density at radius 3 is 2.88 bits per heavy atom. The average molecular weight is 340 g/mol. The lowest BCUT2D eigenvalue weighted by atomic mass is 10.1. The van der Waals surface area contributed by atoms with Gasteiger partial charge >= 0.3 is 5.97 Å². The first-order chi connectivity index (χ1) is 12.0. The van der Waals surface area contributed by atoms with Gasteiger partial charge in [-0.15, -0.1) is 0 Å². The van der Waals surface area contributed by atoms with Crippen LogP contribution in [0.4, 0.5) is 10.1 Å². The van der Waals surface area contributed by atoms with Crippen molar-refractivity contribution in [2.24, 2.45) is 0 Å². The van der Waals surface area contributed by atoms with Gasteiger partial charge in [0.05, 0.1) is 11.6 Å². The van der Waals surface area contributed by atoms with Crippen LogP contribution in [-0.4, -0.2) is 18.1 Å². The van der Waals surface area contributed by atoms with Crippen molar-refractivity contribution in [2.75, 3.05) is 5.32 Å². The molecule has 0 radical (unpaired) electrons. The number of hydrogen-bond donors (Lipinski definition) is 1. The molecule has 0 aliphatic carbocycles. The van der Waals surface area contributed by atoms with Gasteiger partial charge in [0.25, 0.3) is 0 Å². The lowest BCUT2D eigenvalue weighted by Crippen LogP contribution is -2.24. The maximum atomic E-state index is 14.2. The number of anilines is 1. The highest BCUT2D eigenvalue weighted by Crippen LogP contribution is 2.25. The molecule has 1 aliphatic rings. The fourth-order valence-corrected chi connectivity index (χ4v) is 2.68. The number of carbonyl (C=O) groups excluding carboxylic acids is 1. The largest absolute Gasteiger partial charge is 0.486 e. The molecule has 5 nitrogen and oxygen atoms in total. The van der Waals surface area contributed by atoms with E-state index in [-0.39, 0.29) is 24.4 Å². The van der Waals surface area contributed by atoms with E-state index in [0.29, 0.717) is 17.7 Å². The number of nitriles is 1. The first kappa shape index (κ1) is 16.8. The van der Waals surface area contributed by atoms with Gasteiger partial charge in [0.1, 0.15) is 18.8 Å². The minimum Gasteiger partial charge on any atom is -0.486 e. The maximum Gasteiger partial charge on any atom is 0.328 e. The molecule has 1 fully saturated rings. The van der Waals surface area contributed by atoms with Crippen molar-refractivity contribution in [1.82, 2.24) is 0 Å². The minimum atomic E-state index is -0.527. The second-order valence-electron chi connectivity index (χ2n) is 5.93. The van der Waals surface area contributed by atoms with Crippen LogP contribution in [0, 0.1) is 17.1 Å². The summed E-state index contributed by atoms with van der Waals surface area (Å²) in [5.74, 6) is -0.748. The molecule has 1 heterocycles. The summed E-state index contributed by atoms with van der Waals surface area (Å²) in [6.45, 7) is 1.98. The average Bonchev–Trinajstić information content (AvgIpc) is 2.91. The van der Waals surface area contributed by atoms with Crippen molar-refractivity contribution in [2.45, 2.75) is 32.1 Å². The topological polar surface area (TPSA) is 71.3 Å². The van der Waals surface area contributed by atoms with Gasteiger partial charge in [-0.25, -0.2) is 9.18 Å². The van der Waals surface area contributed by atoms with Crippen LogP contribution in [0.1, 0.15) is 24.5 Å². The highest BCUT2D eigenvalue weighted by molar-refractivity contribution is 5.81. The Labute approximate surface area is 145 Å². The summed E-state index contributed by atoms with van der Waals surface area (Å²) in [6.07, 6.45) is 0.412. The van der Waals surface area contributed by atoms with Gasteiger partial charge in [-0.1, -0.05) is 12.1 Å². The second-order valence-corrected chi connectivity index (χ2v) is 5.93. The first-order valence-corrected chi connectivity index (χ1v) is 7.93. The Balaban J connectivity index is 1.64. The summed E-state index contributed by atoms with van der Waals surface area (Å²) in [5.41, 5.74) is 1.80. The summed E-state index contributed by atoms with van der Waals surface area (Å²) in [7, 11) is 0. The number of nitrogens with zero attached hydrogens (tertiary/aromatic N) is 1. The molecule has 128 valence electrons. The molecule has 0 unspecified atom stereocenters. The van der Waals surface area contributed by atoms with Gasteiger partial charge in [0.2, 0.25) is 0 Å². The second kappa shape index (κ2) is 7.22. The van der Waals surface area contributed by atoms with Crippen molar-refractivity contribution < 1.29 is 18.7 Å². The molecular weight excluding hydrogens is 323 g/mol. The van der Waals surface area contributed by atoms with Crippen molar-refractivity contribution >= 4 is 11.7 Å². The van der Waals surface area contributed by atoms with Crippen LogP contribution in [0.5, 0.6) is 5.75 Å². The molecule has 2 aromatic carbocycles. The van der Waals surface area contributed by atoms with E-state index in [1.54, 1.807) is 24.3 Å². The molecular formula is C19H17FN2O3. The molecule has 2 aromatic rings. The highest BCUT2D eigenvalue weighted by atomic mass is 19.1. The molecule has 3 rings (SSSR count). The first-order valence-electron chi connectivity index (χ1n) is 7.93. The number of hydrogen-bond acceptors (Lipinski definition) is 5. The Bertz CT molecular complexity index is 832. The van der Waals surface area contributed by atoms with Crippen LogP contribution in [0.3, 0.4) is 0 Å². The van der Waals surface area contributed by atoms with Crippen LogP contribution in [-0.2, 0) is 16.1 Å². The van der Waals surface area contributed by atoms with Crippen molar-refractivity contribution in [1.29, 1.82) is 5.26 Å². The number of halogens is 1. The molecule has 0 aromatic heterocycles. The van der Waals surface area contributed by atoms with E-state index in [4.69, 9.17) is 14.7 Å². The van der Waals surface area contributed by atoms with E-state index in [1.807, 2.05) is 19.1 Å². The lowest BCUT2D eigenvalue weighted by molar-refractivity contribution is -0.141. The van der Waals surface area contributed by atoms with E-state index in [0.717, 1.165) is 5.56 Å². The van der Waals surface area contributed by atoms with Crippen molar-refractivity contribution in [3.8, 4) is 11.8 Å². The van der Waals surface area contributed by atoms with Crippen LogP contribution < -0.4 is 10.1 Å². The zero-order chi connectivity index (χ0) is 17.8. The van der Waals surface area contributed by atoms with Gasteiger partial charge < -0.3 is 14.8 Å². The maximum absolute atomic E-state index is 14.2. The number of nitrogens with one attached hydrogen (secondary N) is 1. The van der Waals surface area contributed by atoms with Gasteiger partial charge in [0, 0.05) is 18.2 Å². The van der Waals surface area contributed by atoms with Crippen LogP contribution in [0.25, 0.3) is 0 Å². The molecule has 1 aliphatic heterocycles. The lowest BCUT2D eigenvalue weighted by Gasteiger charge is -2.12. The Morgan fingerprint density at radius 1 is 1.36 bits per heavy atom. The van der Waals surface area contributed by atoms with Crippen molar-refractivity contribution in [3.63, 3.8) is 0 Å². The number of benzene rings is 2. The SMILES string of the molecule is C[C@@H]1C[C@H](Nc2ccc(OCc3cccc(C#N)c3)c(F)c2)C(=O)O1. The number of rotatable bonds is 5. The smallest absolute Gasteiger partial charge is 0.328 e. The standard InChI is InChI=1S/C19H17FN2O3/c1-12-7-17(19(23)25-12)22-15-5-6-18(16(20)9-15)24-11-14-4-2-3-13(8-14)10-21/h2-6,8-9,12,17,22H,7,11H2,1H3/t12-,17+/m1/s1. The Morgan fingerprint density at radius 2 is 2.20 bits per heavy atom. The molecule has 0 saturated carbocycles. The molecule has 0 amide bonds. The zero-order valence-corrected chi connectivity index (χ0v) is 13.7. The summed E-state index contributed by atoms with van der Waals surface area (Å²) < 4.78 is 24.8. The fourth-order valence-electron chi connectivity index (χ4n) is 2.68. The molecule has 0 spiro atoms. The zero-order valence-electron chi connectivity index (χ0n) is 13.7. The van der Waals surface area contributed by atoms with Gasteiger partial charge in [-0.05, 0) is 36.8 Å². The normalized spacial score (nSPS) is 19.2. The predicted octanol–water partition coefficient (Wildman–Crippen LogP) is 3.39. The molecule has 6 heteroatoms. The van der Waals surface area contributed by atoms with Gasteiger partial charge in [-0.2, -0.15) is 5.26 Å². The summed E-state index contributed by atoms with van der Waals surface area (Å²) in [5, 5.41) is 11.9. The minimum absolute atomic E-state index is 0.107. The van der Waals surface area contributed by atoms with E-state index in [2.05, 4.69) is 5.32 Å². The third kappa shape index (κ3) is 4.07. The third-order valence-corrected chi connectivity index (χ3v) is 3.89. The third-order valence-electron chi connectivity index (χ3n) is 3.89. The van der Waals surface area contributed by atoms with E-state index in [1.165, 1.54) is 12.1 Å². The van der Waals surface area contributed by atoms with Crippen LogP contribution in [0.15, 0.2) is 42.5 Å². The number of carbonyl (C=O) groups is 1. The molecule has 2 atom stereocenters. The monoisotopic (exact) mass is 340 g/mol. The Hall–Kier alpha value is -3.07. The number of ether oxygens (including phenoxy) is 2. The van der Waals surface area contributed by atoms with E-state index >= 15 is 0 Å². The van der Waals surface area contributed by atoms with Crippen LogP contribution in [0.2, 0.25) is 0 Å². The quantitative estimate of drug-likeness (QED) is 0.845. The highest BCUT2D eigenvalue weighted by Gasteiger charge is 2.31. The van der Waals surface area contributed by atoms with Crippen molar-refractivity contribution in [3.05, 3.63) is 59.4 Å². The molecule has 25 heavy (non-hydrogen) atoms. The van der Waals surface area contributed by atoms with Crippen LogP contribution >= 0.6 is 0 Å². The predicted molar refractivity (Wildman–Crippen MR) is 89.5 cm³/mol. The molecule has 0 bridgehead atoms. The number of esters is 1. The summed E-state index contributed by atoms with van der Waals surface area (Å²) >= 11 is 0. The Kier molecular flexibility index (Phi) is 4.85. The molecule has 1 saturated heterocycles. The number of cyclic esters (lactones) is 1.